The summed E-state index contributed by atoms with van der Waals surface area (Å²) in [7, 11) is -4.13. The summed E-state index contributed by atoms with van der Waals surface area (Å²) in [5.41, 5.74) is 0.441. The number of nitrogens with zero attached hydrogens (tertiary/aromatic N) is 3. The average molecular weight is 568 g/mol. The molecule has 1 aliphatic heterocycles. The summed E-state index contributed by atoms with van der Waals surface area (Å²) in [4.78, 5) is 14.8. The Balaban J connectivity index is 1.85. The van der Waals surface area contributed by atoms with Crippen LogP contribution < -0.4 is 4.72 Å². The third-order valence-corrected chi connectivity index (χ3v) is 10.2. The number of piperidine rings is 1. The first-order valence-electron chi connectivity index (χ1n) is 9.63. The van der Waals surface area contributed by atoms with Crippen LogP contribution in [0.1, 0.15) is 31.9 Å². The maximum absolute atomic E-state index is 13.3. The number of carbonyl (C=O) groups is 1. The van der Waals surface area contributed by atoms with Gasteiger partial charge in [-0.2, -0.15) is 9.98 Å². The molecule has 1 atom stereocenters. The zero-order chi connectivity index (χ0) is 22.8. The highest BCUT2D eigenvalue weighted by Crippen LogP contribution is 2.43. The Bertz CT molecular complexity index is 1100. The summed E-state index contributed by atoms with van der Waals surface area (Å²) in [5, 5.41) is 9.22. The Labute approximate surface area is 204 Å². The Morgan fingerprint density at radius 3 is 2.65 bits per heavy atom. The summed E-state index contributed by atoms with van der Waals surface area (Å²) in [6.45, 7) is 3.61. The summed E-state index contributed by atoms with van der Waals surface area (Å²) < 4.78 is 30.8. The molecule has 1 amide bonds. The van der Waals surface area contributed by atoms with Crippen molar-refractivity contribution >= 4 is 66.4 Å². The van der Waals surface area contributed by atoms with Crippen LogP contribution in [0.2, 0.25) is 8.67 Å². The van der Waals surface area contributed by atoms with Crippen LogP contribution in [0.5, 0.6) is 0 Å². The summed E-state index contributed by atoms with van der Waals surface area (Å²) >= 11 is 16.2. The molecule has 1 unspecified atom stereocenters. The number of likely N-dealkylation sites (tertiary alicyclic amines) is 1. The van der Waals surface area contributed by atoms with Gasteiger partial charge in [0.2, 0.25) is 15.9 Å². The molecule has 0 saturated carbocycles. The van der Waals surface area contributed by atoms with Crippen molar-refractivity contribution in [2.45, 2.75) is 43.7 Å². The van der Waals surface area contributed by atoms with E-state index in [1.807, 2.05) is 0 Å². The molecule has 0 spiro atoms. The second kappa shape index (κ2) is 10.2. The molecule has 31 heavy (non-hydrogen) atoms. The van der Waals surface area contributed by atoms with Crippen molar-refractivity contribution in [3.8, 4) is 6.07 Å². The lowest BCUT2D eigenvalue weighted by Gasteiger charge is -2.33. The molecule has 7 nitrogen and oxygen atoms in total. The third-order valence-electron chi connectivity index (χ3n) is 5.29. The topological polar surface area (TPSA) is 95.2 Å². The zero-order valence-corrected chi connectivity index (χ0v) is 21.4. The first-order chi connectivity index (χ1) is 14.6. The van der Waals surface area contributed by atoms with E-state index in [9.17, 15) is 18.5 Å². The van der Waals surface area contributed by atoms with E-state index < -0.39 is 16.1 Å². The van der Waals surface area contributed by atoms with Gasteiger partial charge in [-0.25, -0.2) is 8.42 Å². The molecule has 1 N–H and O–H groups in total. The predicted octanol–water partition coefficient (Wildman–Crippen LogP) is 4.49. The number of halogens is 3. The number of hydrogen-bond donors (Lipinski definition) is 1. The number of thiophene rings is 1. The molecule has 12 heteroatoms. The number of carbonyl (C=O) groups excluding carboxylic acids is 1. The van der Waals surface area contributed by atoms with Crippen LogP contribution in [0.4, 0.5) is 0 Å². The van der Waals surface area contributed by atoms with E-state index in [1.165, 1.54) is 0 Å². The molecular formula is C19H21BrCl2N4O3S2. The number of rotatable bonds is 7. The average Bonchev–Trinajstić information content (AvgIpc) is 3.28. The number of hydrogen-bond acceptors (Lipinski definition) is 5. The van der Waals surface area contributed by atoms with Gasteiger partial charge in [-0.15, -0.1) is 11.3 Å². The van der Waals surface area contributed by atoms with Crippen LogP contribution in [-0.4, -0.2) is 42.9 Å². The van der Waals surface area contributed by atoms with Gasteiger partial charge in [-0.05, 0) is 53.2 Å². The van der Waals surface area contributed by atoms with Crippen molar-refractivity contribution in [1.82, 2.24) is 14.2 Å². The minimum absolute atomic E-state index is 0.0135. The van der Waals surface area contributed by atoms with Gasteiger partial charge in [0.25, 0.3) is 0 Å². The smallest absolute Gasteiger partial charge is 0.244 e. The second-order valence-electron chi connectivity index (χ2n) is 7.46. The molecule has 3 rings (SSSR count). The Morgan fingerprint density at radius 1 is 1.39 bits per heavy atom. The second-order valence-corrected chi connectivity index (χ2v) is 12.1. The van der Waals surface area contributed by atoms with Crippen LogP contribution in [0.3, 0.4) is 0 Å². The normalized spacial score (nSPS) is 16.3. The van der Waals surface area contributed by atoms with Gasteiger partial charge in [0.1, 0.15) is 31.4 Å². The molecule has 0 bridgehead atoms. The molecule has 2 aromatic heterocycles. The number of nitriles is 1. The number of aryl methyl sites for hydroxylation is 1. The van der Waals surface area contributed by atoms with Gasteiger partial charge in [0.05, 0.1) is 4.47 Å². The maximum Gasteiger partial charge on any atom is 0.244 e. The highest BCUT2D eigenvalue weighted by molar-refractivity contribution is 9.10. The van der Waals surface area contributed by atoms with E-state index in [0.29, 0.717) is 31.2 Å². The summed E-state index contributed by atoms with van der Waals surface area (Å²) in [6.07, 6.45) is 3.65. The van der Waals surface area contributed by atoms with Crippen LogP contribution in [0, 0.1) is 17.2 Å². The van der Waals surface area contributed by atoms with E-state index in [2.05, 4.69) is 33.6 Å². The molecule has 1 aliphatic rings. The minimum atomic E-state index is -4.13. The number of nitrogens with one attached hydrogen (secondary N) is 1. The number of sulfonamides is 1. The van der Waals surface area contributed by atoms with Crippen molar-refractivity contribution in [2.75, 3.05) is 13.1 Å². The van der Waals surface area contributed by atoms with Crippen molar-refractivity contribution in [2.24, 2.45) is 5.92 Å². The standard InChI is InChI=1S/C19H21BrCl2N4O3S2/c1-12-4-8-26(9-5-12)19(27)14(6-10-25-7-2-3-13(25)11-23)24-31(28,29)16-15(20)17(21)30-18(16)22/h2-3,7,12,14,24H,4-6,8-10H2,1H3. The van der Waals surface area contributed by atoms with Gasteiger partial charge in [0, 0.05) is 25.8 Å². The Morgan fingerprint density at radius 2 is 2.06 bits per heavy atom. The summed E-state index contributed by atoms with van der Waals surface area (Å²) in [6, 6.07) is 4.47. The fourth-order valence-corrected chi connectivity index (χ4v) is 8.26. The minimum Gasteiger partial charge on any atom is -0.341 e. The highest BCUT2D eigenvalue weighted by atomic mass is 79.9. The first kappa shape index (κ1) is 24.6. The van der Waals surface area contributed by atoms with Gasteiger partial charge in [-0.1, -0.05) is 30.1 Å². The van der Waals surface area contributed by atoms with Gasteiger partial charge >= 0.3 is 0 Å². The van der Waals surface area contributed by atoms with E-state index >= 15 is 0 Å². The SMILES string of the molecule is CC1CCN(C(=O)C(CCn2cccc2C#N)NS(=O)(=O)c2c(Cl)sc(Cl)c2Br)CC1. The maximum atomic E-state index is 13.3. The van der Waals surface area contributed by atoms with Crippen molar-refractivity contribution < 1.29 is 13.2 Å². The van der Waals surface area contributed by atoms with Gasteiger partial charge in [0.15, 0.2) is 0 Å². The lowest BCUT2D eigenvalue weighted by molar-refractivity contribution is -0.134. The molecule has 0 radical (unpaired) electrons. The quantitative estimate of drug-likeness (QED) is 0.533. The summed E-state index contributed by atoms with van der Waals surface area (Å²) in [5.74, 6) is 0.245. The third kappa shape index (κ3) is 5.64. The Kier molecular flexibility index (Phi) is 8.10. The van der Waals surface area contributed by atoms with Crippen LogP contribution in [0.25, 0.3) is 0 Å². The van der Waals surface area contributed by atoms with E-state index in [1.54, 1.807) is 27.8 Å². The monoisotopic (exact) mass is 566 g/mol. The zero-order valence-electron chi connectivity index (χ0n) is 16.6. The predicted molar refractivity (Wildman–Crippen MR) is 125 cm³/mol. The van der Waals surface area contributed by atoms with E-state index in [-0.39, 0.29) is 30.4 Å². The molecule has 0 aliphatic carbocycles. The Hall–Kier alpha value is -1.09. The van der Waals surface area contributed by atoms with E-state index in [4.69, 9.17) is 23.2 Å². The lowest BCUT2D eigenvalue weighted by Crippen LogP contribution is -2.51. The first-order valence-corrected chi connectivity index (χ1v) is 13.5. The van der Waals surface area contributed by atoms with Crippen molar-refractivity contribution in [1.29, 1.82) is 5.26 Å². The van der Waals surface area contributed by atoms with Crippen molar-refractivity contribution in [3.63, 3.8) is 0 Å². The number of amides is 1. The van der Waals surface area contributed by atoms with Gasteiger partial charge in [-0.3, -0.25) is 4.79 Å². The molecular weight excluding hydrogens is 547 g/mol. The lowest BCUT2D eigenvalue weighted by atomic mass is 9.98. The largest absolute Gasteiger partial charge is 0.341 e. The molecule has 3 heterocycles. The molecule has 168 valence electrons. The van der Waals surface area contributed by atoms with Crippen LogP contribution in [0.15, 0.2) is 27.7 Å². The molecule has 1 saturated heterocycles. The highest BCUT2D eigenvalue weighted by Gasteiger charge is 2.34. The fraction of sp³-hybridized carbons (Fsp3) is 0.474. The van der Waals surface area contributed by atoms with Gasteiger partial charge < -0.3 is 9.47 Å². The van der Waals surface area contributed by atoms with Crippen LogP contribution >= 0.6 is 50.5 Å². The van der Waals surface area contributed by atoms with Crippen molar-refractivity contribution in [3.05, 3.63) is 37.2 Å². The number of aromatic nitrogens is 1. The van der Waals surface area contributed by atoms with E-state index in [0.717, 1.165) is 24.2 Å². The van der Waals surface area contributed by atoms with Crippen LogP contribution in [-0.2, 0) is 21.4 Å². The molecule has 0 aromatic carbocycles. The molecule has 2 aromatic rings. The molecule has 1 fully saturated rings. The fourth-order valence-electron chi connectivity index (χ4n) is 3.48.